The van der Waals surface area contributed by atoms with Crippen LogP contribution in [0.5, 0.6) is 0 Å². The summed E-state index contributed by atoms with van der Waals surface area (Å²) in [6, 6.07) is 14.2. The number of aliphatic hydroxyl groups excluding tert-OH is 1. The summed E-state index contributed by atoms with van der Waals surface area (Å²) in [6.07, 6.45) is 0.375. The Kier molecular flexibility index (Phi) is 9.17. The lowest BCUT2D eigenvalue weighted by Crippen LogP contribution is -2.40. The molecule has 1 aromatic carbocycles. The Morgan fingerprint density at radius 1 is 1.27 bits per heavy atom. The molecule has 0 saturated heterocycles. The van der Waals surface area contributed by atoms with Crippen molar-refractivity contribution in [3.8, 4) is 0 Å². The third-order valence-electron chi connectivity index (χ3n) is 3.84. The summed E-state index contributed by atoms with van der Waals surface area (Å²) < 4.78 is 5.58. The van der Waals surface area contributed by atoms with E-state index in [1.807, 2.05) is 44.3 Å². The van der Waals surface area contributed by atoms with Crippen molar-refractivity contribution in [1.29, 1.82) is 0 Å². The van der Waals surface area contributed by atoms with Gasteiger partial charge in [-0.15, -0.1) is 11.3 Å². The Labute approximate surface area is 160 Å². The minimum atomic E-state index is -0.613. The second-order valence-electron chi connectivity index (χ2n) is 6.10. The first kappa shape index (κ1) is 20.4. The quantitative estimate of drug-likeness (QED) is 0.495. The Balaban J connectivity index is 1.75. The van der Waals surface area contributed by atoms with Crippen LogP contribution < -0.4 is 5.32 Å². The third kappa shape index (κ3) is 7.56. The molecule has 1 atom stereocenters. The van der Waals surface area contributed by atoms with Gasteiger partial charge in [0.15, 0.2) is 5.96 Å². The Bertz CT molecular complexity index is 632. The summed E-state index contributed by atoms with van der Waals surface area (Å²) in [5.74, 6) is 0.811. The van der Waals surface area contributed by atoms with Gasteiger partial charge in [0, 0.05) is 25.0 Å². The normalized spacial score (nSPS) is 12.8. The fourth-order valence-corrected chi connectivity index (χ4v) is 3.14. The summed E-state index contributed by atoms with van der Waals surface area (Å²) in [5, 5.41) is 15.5. The van der Waals surface area contributed by atoms with E-state index in [1.54, 1.807) is 11.3 Å². The van der Waals surface area contributed by atoms with E-state index < -0.39 is 6.10 Å². The minimum absolute atomic E-state index is 0.275. The first-order valence-electron chi connectivity index (χ1n) is 9.00. The van der Waals surface area contributed by atoms with Crippen LogP contribution in [0.25, 0.3) is 0 Å². The van der Waals surface area contributed by atoms with Gasteiger partial charge in [0.2, 0.25) is 0 Å². The predicted molar refractivity (Wildman–Crippen MR) is 109 cm³/mol. The maximum Gasteiger partial charge on any atom is 0.193 e. The highest BCUT2D eigenvalue weighted by Crippen LogP contribution is 2.09. The number of nitrogens with one attached hydrogen (secondary N) is 1. The molecule has 0 fully saturated rings. The number of guanidine groups is 1. The number of rotatable bonds is 10. The van der Waals surface area contributed by atoms with Gasteiger partial charge in [-0.3, -0.25) is 4.99 Å². The van der Waals surface area contributed by atoms with Crippen molar-refractivity contribution in [2.24, 2.45) is 4.99 Å². The molecule has 0 aliphatic carbocycles. The van der Waals surface area contributed by atoms with Crippen LogP contribution in [-0.4, -0.2) is 55.4 Å². The van der Waals surface area contributed by atoms with Gasteiger partial charge < -0.3 is 20.1 Å². The van der Waals surface area contributed by atoms with Crippen molar-refractivity contribution >= 4 is 17.3 Å². The van der Waals surface area contributed by atoms with Crippen LogP contribution in [0.15, 0.2) is 52.8 Å². The average molecular weight is 376 g/mol. The molecule has 0 aliphatic rings. The van der Waals surface area contributed by atoms with Gasteiger partial charge in [-0.2, -0.15) is 0 Å². The number of hydrogen-bond acceptors (Lipinski definition) is 4. The molecule has 2 aromatic rings. The van der Waals surface area contributed by atoms with Crippen LogP contribution in [0.2, 0.25) is 0 Å². The third-order valence-corrected chi connectivity index (χ3v) is 4.78. The molecule has 0 amide bonds. The molecule has 2 N–H and O–H groups in total. The number of thiophene rings is 1. The SMILES string of the molecule is CCNC(=NCC(O)COCc1ccccc1)N(C)CCc1cccs1. The highest BCUT2D eigenvalue weighted by atomic mass is 32.1. The van der Waals surface area contributed by atoms with Crippen LogP contribution in [0.3, 0.4) is 0 Å². The standard InChI is InChI=1S/C20H29N3O2S/c1-3-21-20(23(2)12-11-19-10-7-13-26-19)22-14-18(24)16-25-15-17-8-5-4-6-9-17/h4-10,13,18,24H,3,11-12,14-16H2,1-2H3,(H,21,22). The molecule has 142 valence electrons. The van der Waals surface area contributed by atoms with Crippen molar-refractivity contribution < 1.29 is 9.84 Å². The van der Waals surface area contributed by atoms with Crippen molar-refractivity contribution in [1.82, 2.24) is 10.2 Å². The number of ether oxygens (including phenoxy) is 1. The number of benzene rings is 1. The monoisotopic (exact) mass is 375 g/mol. The molecule has 0 bridgehead atoms. The highest BCUT2D eigenvalue weighted by molar-refractivity contribution is 7.09. The summed E-state index contributed by atoms with van der Waals surface area (Å²) in [5.41, 5.74) is 1.10. The van der Waals surface area contributed by atoms with E-state index in [4.69, 9.17) is 4.74 Å². The number of hydrogen-bond donors (Lipinski definition) is 2. The van der Waals surface area contributed by atoms with E-state index >= 15 is 0 Å². The molecule has 6 heteroatoms. The van der Waals surface area contributed by atoms with Gasteiger partial charge in [-0.25, -0.2) is 0 Å². The zero-order valence-corrected chi connectivity index (χ0v) is 16.4. The van der Waals surface area contributed by atoms with Crippen LogP contribution in [0.1, 0.15) is 17.4 Å². The second-order valence-corrected chi connectivity index (χ2v) is 7.13. The predicted octanol–water partition coefficient (Wildman–Crippen LogP) is 2.77. The maximum absolute atomic E-state index is 10.1. The van der Waals surface area contributed by atoms with E-state index in [-0.39, 0.29) is 6.61 Å². The Hall–Kier alpha value is -1.89. The largest absolute Gasteiger partial charge is 0.389 e. The number of likely N-dealkylation sites (N-methyl/N-ethyl adjacent to an activating group) is 1. The smallest absolute Gasteiger partial charge is 0.193 e. The number of aliphatic hydroxyl groups is 1. The van der Waals surface area contributed by atoms with Crippen molar-refractivity contribution in [3.63, 3.8) is 0 Å². The molecule has 0 radical (unpaired) electrons. The van der Waals surface area contributed by atoms with Crippen molar-refractivity contribution in [2.45, 2.75) is 26.1 Å². The molecular weight excluding hydrogens is 346 g/mol. The van der Waals surface area contributed by atoms with Gasteiger partial charge >= 0.3 is 0 Å². The molecule has 26 heavy (non-hydrogen) atoms. The lowest BCUT2D eigenvalue weighted by Gasteiger charge is -2.22. The fraction of sp³-hybridized carbons (Fsp3) is 0.450. The summed E-state index contributed by atoms with van der Waals surface area (Å²) >= 11 is 1.77. The topological polar surface area (TPSA) is 57.1 Å². The molecular formula is C20H29N3O2S. The summed E-state index contributed by atoms with van der Waals surface area (Å²) in [7, 11) is 2.02. The maximum atomic E-state index is 10.1. The van der Waals surface area contributed by atoms with E-state index in [1.165, 1.54) is 4.88 Å². The van der Waals surface area contributed by atoms with E-state index in [9.17, 15) is 5.11 Å². The summed E-state index contributed by atoms with van der Waals surface area (Å²) in [6.45, 7) is 4.82. The highest BCUT2D eigenvalue weighted by Gasteiger charge is 2.09. The van der Waals surface area contributed by atoms with Crippen molar-refractivity contribution in [3.05, 3.63) is 58.3 Å². The lowest BCUT2D eigenvalue weighted by molar-refractivity contribution is 0.0330. The van der Waals surface area contributed by atoms with Crippen LogP contribution in [0, 0.1) is 0 Å². The minimum Gasteiger partial charge on any atom is -0.389 e. The molecule has 1 unspecified atom stereocenters. The molecule has 5 nitrogen and oxygen atoms in total. The van der Waals surface area contributed by atoms with Crippen LogP contribution in [-0.2, 0) is 17.8 Å². The van der Waals surface area contributed by atoms with E-state index in [2.05, 4.69) is 32.7 Å². The van der Waals surface area contributed by atoms with Gasteiger partial charge in [0.1, 0.15) is 0 Å². The van der Waals surface area contributed by atoms with E-state index in [0.717, 1.165) is 31.0 Å². The molecule has 0 saturated carbocycles. The lowest BCUT2D eigenvalue weighted by atomic mass is 10.2. The van der Waals surface area contributed by atoms with Gasteiger partial charge in [0.05, 0.1) is 25.9 Å². The zero-order chi connectivity index (χ0) is 18.6. The van der Waals surface area contributed by atoms with Gasteiger partial charge in [-0.1, -0.05) is 36.4 Å². The van der Waals surface area contributed by atoms with Crippen molar-refractivity contribution in [2.75, 3.05) is 33.3 Å². The number of aliphatic imine (C=N–C) groups is 1. The first-order valence-corrected chi connectivity index (χ1v) is 9.88. The Morgan fingerprint density at radius 2 is 2.08 bits per heavy atom. The summed E-state index contributed by atoms with van der Waals surface area (Å²) in [4.78, 5) is 8.00. The molecule has 0 aliphatic heterocycles. The zero-order valence-electron chi connectivity index (χ0n) is 15.6. The van der Waals surface area contributed by atoms with E-state index in [0.29, 0.717) is 13.2 Å². The van der Waals surface area contributed by atoms with Crippen LogP contribution >= 0.6 is 11.3 Å². The fourth-order valence-electron chi connectivity index (χ4n) is 2.44. The van der Waals surface area contributed by atoms with Gasteiger partial charge in [-0.05, 0) is 30.4 Å². The second kappa shape index (κ2) is 11.7. The molecule has 1 aromatic heterocycles. The molecule has 0 spiro atoms. The Morgan fingerprint density at radius 3 is 2.77 bits per heavy atom. The molecule has 2 rings (SSSR count). The number of nitrogens with zero attached hydrogens (tertiary/aromatic N) is 2. The first-order chi connectivity index (χ1) is 12.7. The average Bonchev–Trinajstić information content (AvgIpc) is 3.17. The van der Waals surface area contributed by atoms with Crippen LogP contribution in [0.4, 0.5) is 0 Å². The van der Waals surface area contributed by atoms with Gasteiger partial charge in [0.25, 0.3) is 0 Å². The molecule has 1 heterocycles.